The second-order valence-electron chi connectivity index (χ2n) is 5.34. The summed E-state index contributed by atoms with van der Waals surface area (Å²) < 4.78 is 38.1. The predicted octanol–water partition coefficient (Wildman–Crippen LogP) is 3.69. The summed E-state index contributed by atoms with van der Waals surface area (Å²) in [4.78, 5) is 25.7. The molecule has 132 valence electrons. The molecule has 4 nitrogen and oxygen atoms in total. The van der Waals surface area contributed by atoms with E-state index in [9.17, 15) is 22.8 Å². The van der Waals surface area contributed by atoms with Crippen LogP contribution >= 0.6 is 0 Å². The van der Waals surface area contributed by atoms with Crippen molar-refractivity contribution in [3.8, 4) is 0 Å². The highest BCUT2D eigenvalue weighted by molar-refractivity contribution is 6.39. The van der Waals surface area contributed by atoms with Crippen LogP contribution in [0.1, 0.15) is 18.1 Å². The van der Waals surface area contributed by atoms with Crippen LogP contribution in [0, 0.1) is 0 Å². The largest absolute Gasteiger partial charge is 0.416 e. The molecule has 2 amide bonds. The van der Waals surface area contributed by atoms with Crippen LogP contribution in [0.25, 0.3) is 0 Å². The van der Waals surface area contributed by atoms with Gasteiger partial charge in [-0.05, 0) is 30.7 Å². The first-order valence-corrected chi connectivity index (χ1v) is 7.62. The lowest BCUT2D eigenvalue weighted by Gasteiger charge is -2.20. The maximum absolute atomic E-state index is 12.7. The number of likely N-dealkylation sites (N-methyl/N-ethyl adjacent to an activating group) is 1. The van der Waals surface area contributed by atoms with E-state index in [2.05, 4.69) is 5.32 Å². The average Bonchev–Trinajstić information content (AvgIpc) is 2.59. The van der Waals surface area contributed by atoms with Crippen LogP contribution in [-0.2, 0) is 22.3 Å². The van der Waals surface area contributed by atoms with Gasteiger partial charge >= 0.3 is 18.0 Å². The van der Waals surface area contributed by atoms with Crippen molar-refractivity contribution in [3.05, 3.63) is 65.7 Å². The molecule has 0 radical (unpaired) electrons. The van der Waals surface area contributed by atoms with Crippen LogP contribution in [0.4, 0.5) is 18.9 Å². The van der Waals surface area contributed by atoms with Gasteiger partial charge in [-0.2, -0.15) is 13.2 Å². The molecule has 0 heterocycles. The summed E-state index contributed by atoms with van der Waals surface area (Å²) in [6.45, 7) is 2.26. The number of nitrogens with zero attached hydrogens (tertiary/aromatic N) is 1. The number of carbonyl (C=O) groups is 2. The number of amides is 2. The van der Waals surface area contributed by atoms with Crippen LogP contribution < -0.4 is 5.32 Å². The summed E-state index contributed by atoms with van der Waals surface area (Å²) in [5.74, 6) is -1.78. The van der Waals surface area contributed by atoms with E-state index in [1.807, 2.05) is 30.3 Å². The zero-order valence-electron chi connectivity index (χ0n) is 13.5. The highest BCUT2D eigenvalue weighted by atomic mass is 19.4. The number of benzene rings is 2. The minimum atomic E-state index is -4.52. The van der Waals surface area contributed by atoms with Crippen LogP contribution in [0.15, 0.2) is 54.6 Å². The molecule has 2 rings (SSSR count). The Morgan fingerprint density at radius 1 is 1.04 bits per heavy atom. The van der Waals surface area contributed by atoms with Crippen LogP contribution in [0.2, 0.25) is 0 Å². The van der Waals surface area contributed by atoms with Gasteiger partial charge in [-0.25, -0.2) is 0 Å². The van der Waals surface area contributed by atoms with Crippen LogP contribution in [0.5, 0.6) is 0 Å². The molecular formula is C18H17F3N2O2. The zero-order valence-corrected chi connectivity index (χ0v) is 13.5. The number of nitrogens with one attached hydrogen (secondary N) is 1. The molecule has 0 aliphatic rings. The molecule has 0 bridgehead atoms. The summed E-state index contributed by atoms with van der Waals surface area (Å²) in [7, 11) is 0. The lowest BCUT2D eigenvalue weighted by atomic mass is 10.2. The number of hydrogen-bond acceptors (Lipinski definition) is 2. The first-order valence-electron chi connectivity index (χ1n) is 7.62. The van der Waals surface area contributed by atoms with Crippen molar-refractivity contribution in [1.29, 1.82) is 0 Å². The molecule has 0 aromatic heterocycles. The van der Waals surface area contributed by atoms with Gasteiger partial charge in [-0.3, -0.25) is 9.59 Å². The fourth-order valence-electron chi connectivity index (χ4n) is 2.23. The molecule has 0 saturated carbocycles. The smallest absolute Gasteiger partial charge is 0.330 e. The topological polar surface area (TPSA) is 49.4 Å². The summed E-state index contributed by atoms with van der Waals surface area (Å²) >= 11 is 0. The van der Waals surface area contributed by atoms with Crippen molar-refractivity contribution < 1.29 is 22.8 Å². The SMILES string of the molecule is CCN(Cc1ccccc1)C(=O)C(=O)Nc1cccc(C(F)(F)F)c1. The fraction of sp³-hybridized carbons (Fsp3) is 0.222. The quantitative estimate of drug-likeness (QED) is 0.855. The molecule has 1 N–H and O–H groups in total. The summed E-state index contributed by atoms with van der Waals surface area (Å²) in [5, 5.41) is 2.22. The number of halogens is 3. The van der Waals surface area contributed by atoms with Crippen molar-refractivity contribution in [2.24, 2.45) is 0 Å². The van der Waals surface area contributed by atoms with E-state index in [1.165, 1.54) is 17.0 Å². The van der Waals surface area contributed by atoms with Gasteiger partial charge in [-0.1, -0.05) is 36.4 Å². The first kappa shape index (κ1) is 18.5. The summed E-state index contributed by atoms with van der Waals surface area (Å²) in [6.07, 6.45) is -4.52. The molecule has 2 aromatic rings. The van der Waals surface area contributed by atoms with Crippen molar-refractivity contribution in [2.45, 2.75) is 19.6 Å². The average molecular weight is 350 g/mol. The summed E-state index contributed by atoms with van der Waals surface area (Å²) in [6, 6.07) is 13.3. The minimum Gasteiger partial charge on any atom is -0.330 e. The van der Waals surface area contributed by atoms with E-state index in [1.54, 1.807) is 6.92 Å². The Morgan fingerprint density at radius 3 is 2.32 bits per heavy atom. The number of anilines is 1. The normalized spacial score (nSPS) is 11.0. The van der Waals surface area contributed by atoms with Crippen molar-refractivity contribution in [2.75, 3.05) is 11.9 Å². The number of rotatable bonds is 4. The highest BCUT2D eigenvalue weighted by Crippen LogP contribution is 2.30. The maximum Gasteiger partial charge on any atom is 0.416 e. The molecule has 0 spiro atoms. The Bertz CT molecular complexity index is 745. The van der Waals surface area contributed by atoms with Gasteiger partial charge in [0.15, 0.2) is 0 Å². The van der Waals surface area contributed by atoms with E-state index in [0.29, 0.717) is 6.54 Å². The van der Waals surface area contributed by atoms with Crippen molar-refractivity contribution >= 4 is 17.5 Å². The molecule has 25 heavy (non-hydrogen) atoms. The highest BCUT2D eigenvalue weighted by Gasteiger charge is 2.30. The molecule has 0 aliphatic heterocycles. The van der Waals surface area contributed by atoms with E-state index < -0.39 is 23.6 Å². The van der Waals surface area contributed by atoms with Gasteiger partial charge < -0.3 is 10.2 Å². The monoisotopic (exact) mass is 350 g/mol. The second-order valence-corrected chi connectivity index (χ2v) is 5.34. The maximum atomic E-state index is 12.7. The molecule has 7 heteroatoms. The third kappa shape index (κ3) is 5.07. The van der Waals surface area contributed by atoms with E-state index in [-0.39, 0.29) is 12.2 Å². The molecule has 0 atom stereocenters. The Morgan fingerprint density at radius 2 is 1.72 bits per heavy atom. The van der Waals surface area contributed by atoms with E-state index >= 15 is 0 Å². The van der Waals surface area contributed by atoms with Crippen LogP contribution in [0.3, 0.4) is 0 Å². The van der Waals surface area contributed by atoms with Gasteiger partial charge in [0.05, 0.1) is 5.56 Å². The molecule has 2 aromatic carbocycles. The summed E-state index contributed by atoms with van der Waals surface area (Å²) in [5.41, 5.74) is -0.122. The number of hydrogen-bond donors (Lipinski definition) is 1. The van der Waals surface area contributed by atoms with Crippen LogP contribution in [-0.4, -0.2) is 23.3 Å². The first-order chi connectivity index (χ1) is 11.8. The Kier molecular flexibility index (Phi) is 5.80. The van der Waals surface area contributed by atoms with E-state index in [0.717, 1.165) is 17.7 Å². The molecular weight excluding hydrogens is 333 g/mol. The van der Waals surface area contributed by atoms with Gasteiger partial charge in [0.25, 0.3) is 0 Å². The number of alkyl halides is 3. The zero-order chi connectivity index (χ0) is 18.4. The van der Waals surface area contributed by atoms with E-state index in [4.69, 9.17) is 0 Å². The lowest BCUT2D eigenvalue weighted by molar-refractivity contribution is -0.143. The Hall–Kier alpha value is -2.83. The van der Waals surface area contributed by atoms with Gasteiger partial charge in [0.1, 0.15) is 0 Å². The standard InChI is InChI=1S/C18H17F3N2O2/c1-2-23(12-13-7-4-3-5-8-13)17(25)16(24)22-15-10-6-9-14(11-15)18(19,20)21/h3-11H,2,12H2,1H3,(H,22,24). The lowest BCUT2D eigenvalue weighted by Crippen LogP contribution is -2.39. The van der Waals surface area contributed by atoms with Gasteiger partial charge in [0, 0.05) is 18.8 Å². The van der Waals surface area contributed by atoms with Crippen molar-refractivity contribution in [3.63, 3.8) is 0 Å². The molecule has 0 aliphatic carbocycles. The Balaban J connectivity index is 2.07. The number of carbonyl (C=O) groups excluding carboxylic acids is 2. The van der Waals surface area contributed by atoms with Gasteiger partial charge in [0.2, 0.25) is 0 Å². The third-order valence-corrected chi connectivity index (χ3v) is 3.53. The molecule has 0 fully saturated rings. The predicted molar refractivity (Wildman–Crippen MR) is 87.6 cm³/mol. The molecule has 0 unspecified atom stereocenters. The minimum absolute atomic E-state index is 0.0797. The molecule has 0 saturated heterocycles. The fourth-order valence-corrected chi connectivity index (χ4v) is 2.23. The Labute approximate surface area is 143 Å². The van der Waals surface area contributed by atoms with Crippen molar-refractivity contribution in [1.82, 2.24) is 4.90 Å². The van der Waals surface area contributed by atoms with Gasteiger partial charge in [-0.15, -0.1) is 0 Å². The second kappa shape index (κ2) is 7.83. The third-order valence-electron chi connectivity index (χ3n) is 3.53.